The predicted octanol–water partition coefficient (Wildman–Crippen LogP) is 5.17. The largest absolute Gasteiger partial charge is 0.438 e. The number of anilines is 2. The molecule has 4 aromatic rings. The van der Waals surface area contributed by atoms with E-state index in [-0.39, 0.29) is 12.2 Å². The van der Waals surface area contributed by atoms with Crippen LogP contribution in [0.15, 0.2) is 55.2 Å². The number of nitrogens with zero attached hydrogens (tertiary/aromatic N) is 5. The van der Waals surface area contributed by atoms with Gasteiger partial charge in [-0.15, -0.1) is 0 Å². The Morgan fingerprint density at radius 3 is 2.71 bits per heavy atom. The van der Waals surface area contributed by atoms with Crippen LogP contribution in [0.4, 0.5) is 29.3 Å². The van der Waals surface area contributed by atoms with Crippen molar-refractivity contribution in [3.8, 4) is 11.6 Å². The molecule has 3 aromatic heterocycles. The van der Waals surface area contributed by atoms with Gasteiger partial charge in [-0.2, -0.15) is 13.2 Å². The smallest absolute Gasteiger partial charge is 0.417 e. The number of carbonyl (C=O) groups excluding carboxylic acids is 1. The number of benzene rings is 1. The fourth-order valence-corrected chi connectivity index (χ4v) is 3.94. The number of aromatic amines is 1. The van der Waals surface area contributed by atoms with Crippen LogP contribution in [0.2, 0.25) is 0 Å². The van der Waals surface area contributed by atoms with Gasteiger partial charge in [0.25, 0.3) is 0 Å². The van der Waals surface area contributed by atoms with E-state index < -0.39 is 17.8 Å². The number of pyridine rings is 1. The minimum Gasteiger partial charge on any atom is -0.438 e. The Kier molecular flexibility index (Phi) is 5.31. The first kappa shape index (κ1) is 21.7. The number of amides is 2. The highest BCUT2D eigenvalue weighted by atomic mass is 19.4. The van der Waals surface area contributed by atoms with Crippen LogP contribution in [-0.4, -0.2) is 39.1 Å². The molecule has 0 saturated carbocycles. The van der Waals surface area contributed by atoms with Gasteiger partial charge in [0.2, 0.25) is 5.88 Å². The number of aromatic nitrogens is 4. The lowest BCUT2D eigenvalue weighted by Gasteiger charge is -2.22. The molecule has 1 N–H and O–H groups in total. The molecule has 2 amide bonds. The van der Waals surface area contributed by atoms with Gasteiger partial charge in [0.1, 0.15) is 17.7 Å². The Bertz CT molecular complexity index is 1370. The molecule has 1 aliphatic heterocycles. The number of alkyl halides is 3. The maximum absolute atomic E-state index is 13.1. The molecule has 0 aliphatic carbocycles. The van der Waals surface area contributed by atoms with Crippen molar-refractivity contribution < 1.29 is 22.7 Å². The van der Waals surface area contributed by atoms with Gasteiger partial charge in [-0.1, -0.05) is 6.92 Å². The number of carbonyl (C=O) groups is 1. The van der Waals surface area contributed by atoms with Crippen molar-refractivity contribution in [3.05, 3.63) is 66.4 Å². The first-order chi connectivity index (χ1) is 16.3. The molecule has 1 aromatic carbocycles. The summed E-state index contributed by atoms with van der Waals surface area (Å²) >= 11 is 0. The number of fused-ring (bicyclic) bond motifs is 1. The summed E-state index contributed by atoms with van der Waals surface area (Å²) in [6, 6.07) is 7.69. The van der Waals surface area contributed by atoms with E-state index in [1.165, 1.54) is 17.4 Å². The minimum absolute atomic E-state index is 0.111. The lowest BCUT2D eigenvalue weighted by Crippen LogP contribution is -2.32. The summed E-state index contributed by atoms with van der Waals surface area (Å²) in [6.07, 6.45) is 1.24. The first-order valence-electron chi connectivity index (χ1n) is 10.6. The molecule has 0 spiro atoms. The maximum Gasteiger partial charge on any atom is 0.417 e. The summed E-state index contributed by atoms with van der Waals surface area (Å²) in [5.74, 6) is 0.953. The van der Waals surface area contributed by atoms with Crippen LogP contribution in [0.1, 0.15) is 18.1 Å². The van der Waals surface area contributed by atoms with Gasteiger partial charge < -0.3 is 9.72 Å². The number of hydrogen-bond donors (Lipinski definition) is 1. The summed E-state index contributed by atoms with van der Waals surface area (Å²) in [6.45, 7) is 2.53. The van der Waals surface area contributed by atoms with E-state index in [0.717, 1.165) is 23.2 Å². The second kappa shape index (κ2) is 8.32. The SMILES string of the molecule is CCc1cc(Oc2ncnc3[nH]ccc23)ccc1N1CCN(c2cncc(C(F)(F)F)c2)C1=O. The highest BCUT2D eigenvalue weighted by Gasteiger charge is 2.35. The summed E-state index contributed by atoms with van der Waals surface area (Å²) in [4.78, 5) is 31.0. The molecule has 1 aliphatic rings. The summed E-state index contributed by atoms with van der Waals surface area (Å²) in [5, 5.41) is 0.740. The fraction of sp³-hybridized carbons (Fsp3) is 0.217. The number of aryl methyl sites for hydroxylation is 1. The molecule has 0 bridgehead atoms. The second-order valence-electron chi connectivity index (χ2n) is 7.68. The van der Waals surface area contributed by atoms with Crippen molar-refractivity contribution >= 4 is 28.4 Å². The zero-order valence-electron chi connectivity index (χ0n) is 18.0. The monoisotopic (exact) mass is 468 g/mol. The molecule has 5 rings (SSSR count). The van der Waals surface area contributed by atoms with Crippen LogP contribution in [0.5, 0.6) is 11.6 Å². The molecule has 174 valence electrons. The molecule has 8 nitrogen and oxygen atoms in total. The number of ether oxygens (including phenoxy) is 1. The number of urea groups is 1. The second-order valence-corrected chi connectivity index (χ2v) is 7.68. The third kappa shape index (κ3) is 3.89. The number of rotatable bonds is 5. The topological polar surface area (TPSA) is 87.2 Å². The quantitative estimate of drug-likeness (QED) is 0.437. The van der Waals surface area contributed by atoms with Crippen molar-refractivity contribution in [1.82, 2.24) is 19.9 Å². The molecule has 1 saturated heterocycles. The van der Waals surface area contributed by atoms with E-state index >= 15 is 0 Å². The van der Waals surface area contributed by atoms with Crippen LogP contribution in [0.3, 0.4) is 0 Å². The van der Waals surface area contributed by atoms with Gasteiger partial charge >= 0.3 is 12.2 Å². The summed E-state index contributed by atoms with van der Waals surface area (Å²) in [5.41, 5.74) is 1.41. The third-order valence-electron chi connectivity index (χ3n) is 5.63. The Labute approximate surface area is 192 Å². The third-order valence-corrected chi connectivity index (χ3v) is 5.63. The number of hydrogen-bond acceptors (Lipinski definition) is 5. The molecule has 0 unspecified atom stereocenters. The van der Waals surface area contributed by atoms with E-state index in [1.807, 2.05) is 19.1 Å². The molecular weight excluding hydrogens is 449 g/mol. The highest BCUT2D eigenvalue weighted by molar-refractivity contribution is 6.06. The molecule has 11 heteroatoms. The molecule has 0 atom stereocenters. The van der Waals surface area contributed by atoms with Crippen LogP contribution < -0.4 is 14.5 Å². The van der Waals surface area contributed by atoms with Crippen LogP contribution in [0, 0.1) is 0 Å². The summed E-state index contributed by atoms with van der Waals surface area (Å²) in [7, 11) is 0. The van der Waals surface area contributed by atoms with E-state index in [1.54, 1.807) is 23.2 Å². The zero-order chi connectivity index (χ0) is 23.9. The van der Waals surface area contributed by atoms with Crippen molar-refractivity contribution in [2.24, 2.45) is 0 Å². The first-order valence-corrected chi connectivity index (χ1v) is 10.6. The zero-order valence-corrected chi connectivity index (χ0v) is 18.0. The fourth-order valence-electron chi connectivity index (χ4n) is 3.94. The molecule has 34 heavy (non-hydrogen) atoms. The van der Waals surface area contributed by atoms with Gasteiger partial charge in [-0.05, 0) is 42.3 Å². The molecule has 4 heterocycles. The van der Waals surface area contributed by atoms with Gasteiger partial charge in [-0.25, -0.2) is 14.8 Å². The van der Waals surface area contributed by atoms with E-state index in [9.17, 15) is 18.0 Å². The molecule has 0 radical (unpaired) electrons. The van der Waals surface area contributed by atoms with Crippen molar-refractivity contribution in [3.63, 3.8) is 0 Å². The lowest BCUT2D eigenvalue weighted by atomic mass is 10.1. The predicted molar refractivity (Wildman–Crippen MR) is 119 cm³/mol. The van der Waals surface area contributed by atoms with Crippen LogP contribution in [0.25, 0.3) is 11.0 Å². The Morgan fingerprint density at radius 1 is 1.09 bits per heavy atom. The van der Waals surface area contributed by atoms with Gasteiger partial charge in [0, 0.05) is 31.2 Å². The van der Waals surface area contributed by atoms with Gasteiger partial charge in [0.05, 0.1) is 22.8 Å². The Hall–Kier alpha value is -4.15. The minimum atomic E-state index is -4.54. The van der Waals surface area contributed by atoms with E-state index in [0.29, 0.717) is 35.9 Å². The standard InChI is InChI=1S/C23H19F3N6O2/c1-2-14-9-17(34-21-18-5-6-28-20(18)29-13-30-21)3-4-19(14)32-8-7-31(22(32)33)16-10-15(11-27-12-16)23(24,25)26/h3-6,9-13H,2,7-8H2,1H3,(H,28,29,30). The van der Waals surface area contributed by atoms with Crippen LogP contribution in [-0.2, 0) is 12.6 Å². The molecule has 1 fully saturated rings. The lowest BCUT2D eigenvalue weighted by molar-refractivity contribution is -0.137. The highest BCUT2D eigenvalue weighted by Crippen LogP contribution is 2.35. The Balaban J connectivity index is 1.40. The van der Waals surface area contributed by atoms with Crippen molar-refractivity contribution in [1.29, 1.82) is 0 Å². The molecular formula is C23H19F3N6O2. The number of H-pyrrole nitrogens is 1. The van der Waals surface area contributed by atoms with Crippen molar-refractivity contribution in [2.75, 3.05) is 22.9 Å². The maximum atomic E-state index is 13.1. The van der Waals surface area contributed by atoms with Crippen LogP contribution >= 0.6 is 0 Å². The summed E-state index contributed by atoms with van der Waals surface area (Å²) < 4.78 is 45.2. The number of halogens is 3. The normalized spacial score (nSPS) is 14.3. The number of nitrogens with one attached hydrogen (secondary N) is 1. The van der Waals surface area contributed by atoms with E-state index in [4.69, 9.17) is 4.74 Å². The average molecular weight is 468 g/mol. The Morgan fingerprint density at radius 2 is 1.91 bits per heavy atom. The van der Waals surface area contributed by atoms with E-state index in [2.05, 4.69) is 19.9 Å². The average Bonchev–Trinajstić information content (AvgIpc) is 3.46. The van der Waals surface area contributed by atoms with Gasteiger partial charge in [-0.3, -0.25) is 14.8 Å². The van der Waals surface area contributed by atoms with Gasteiger partial charge in [0.15, 0.2) is 0 Å². The van der Waals surface area contributed by atoms with Crippen molar-refractivity contribution in [2.45, 2.75) is 19.5 Å².